The lowest BCUT2D eigenvalue weighted by Gasteiger charge is -2.33. The van der Waals surface area contributed by atoms with Crippen LogP contribution in [0.2, 0.25) is 0 Å². The molecule has 0 fully saturated rings. The van der Waals surface area contributed by atoms with Crippen LogP contribution in [0.3, 0.4) is 0 Å². The molecule has 0 aromatic carbocycles. The van der Waals surface area contributed by atoms with Gasteiger partial charge in [0.25, 0.3) is 0 Å². The maximum Gasteiger partial charge on any atom is 0.229 e. The van der Waals surface area contributed by atoms with Crippen LogP contribution in [0.4, 0.5) is 5.13 Å². The van der Waals surface area contributed by atoms with Gasteiger partial charge in [-0.15, -0.1) is 11.3 Å². The van der Waals surface area contributed by atoms with Gasteiger partial charge >= 0.3 is 0 Å². The molecular weight excluding hydrogens is 280 g/mol. The molecule has 0 saturated carbocycles. The number of rotatable bonds is 4. The first-order valence-electron chi connectivity index (χ1n) is 8.14. The highest BCUT2D eigenvalue weighted by Gasteiger charge is 2.31. The molecule has 1 amide bonds. The van der Waals surface area contributed by atoms with Crippen molar-refractivity contribution in [3.05, 3.63) is 10.6 Å². The van der Waals surface area contributed by atoms with Crippen LogP contribution >= 0.6 is 11.3 Å². The Bertz CT molecular complexity index is 497. The molecule has 0 bridgehead atoms. The molecule has 1 heterocycles. The Hall–Kier alpha value is -0.900. The average Bonchev–Trinajstić information content (AvgIpc) is 2.80. The summed E-state index contributed by atoms with van der Waals surface area (Å²) in [6.45, 7) is 11.1. The number of anilines is 1. The summed E-state index contributed by atoms with van der Waals surface area (Å²) in [6, 6.07) is 0. The second kappa shape index (κ2) is 6.47. The van der Waals surface area contributed by atoms with E-state index in [0.29, 0.717) is 11.3 Å². The first-order valence-corrected chi connectivity index (χ1v) is 8.96. The van der Waals surface area contributed by atoms with E-state index in [1.54, 1.807) is 11.3 Å². The lowest BCUT2D eigenvalue weighted by molar-refractivity contribution is -0.120. The Morgan fingerprint density at radius 3 is 2.62 bits per heavy atom. The number of nitrogens with one attached hydrogen (secondary N) is 1. The highest BCUT2D eigenvalue weighted by Crippen LogP contribution is 2.40. The van der Waals surface area contributed by atoms with Gasteiger partial charge in [-0.05, 0) is 43.4 Å². The Morgan fingerprint density at radius 2 is 2.05 bits per heavy atom. The molecule has 1 atom stereocenters. The molecule has 0 unspecified atom stereocenters. The molecule has 118 valence electrons. The SMILES string of the molecule is CCC(CC)C(=O)Nc1nc2c(s1)C[C@@H](C(C)(C)C)CC2. The predicted octanol–water partition coefficient (Wildman–Crippen LogP) is 4.67. The number of aromatic nitrogens is 1. The number of hydrogen-bond acceptors (Lipinski definition) is 3. The van der Waals surface area contributed by atoms with Gasteiger partial charge in [0.1, 0.15) is 0 Å². The van der Waals surface area contributed by atoms with Crippen LogP contribution < -0.4 is 5.32 Å². The van der Waals surface area contributed by atoms with E-state index in [1.807, 2.05) is 0 Å². The molecule has 1 N–H and O–H groups in total. The number of aryl methyl sites for hydroxylation is 1. The molecule has 0 aliphatic heterocycles. The summed E-state index contributed by atoms with van der Waals surface area (Å²) in [6.07, 6.45) is 5.14. The number of amides is 1. The van der Waals surface area contributed by atoms with E-state index in [4.69, 9.17) is 0 Å². The molecule has 2 rings (SSSR count). The number of hydrogen-bond donors (Lipinski definition) is 1. The highest BCUT2D eigenvalue weighted by molar-refractivity contribution is 7.15. The Morgan fingerprint density at radius 1 is 1.38 bits per heavy atom. The molecule has 1 aliphatic rings. The number of nitrogens with zero attached hydrogens (tertiary/aromatic N) is 1. The van der Waals surface area contributed by atoms with E-state index < -0.39 is 0 Å². The second-order valence-electron chi connectivity index (χ2n) is 7.20. The molecule has 1 aliphatic carbocycles. The standard InChI is InChI=1S/C17H28N2OS/c1-6-11(7-2)15(20)19-16-18-13-9-8-12(17(3,4)5)10-14(13)21-16/h11-12H,6-10H2,1-5H3,(H,18,19,20)/t12-/m0/s1. The predicted molar refractivity (Wildman–Crippen MR) is 89.8 cm³/mol. The third-order valence-corrected chi connectivity index (χ3v) is 5.79. The van der Waals surface area contributed by atoms with Gasteiger partial charge in [-0.3, -0.25) is 4.79 Å². The maximum absolute atomic E-state index is 12.2. The van der Waals surface area contributed by atoms with Crippen LogP contribution in [-0.2, 0) is 17.6 Å². The van der Waals surface area contributed by atoms with E-state index in [1.165, 1.54) is 17.0 Å². The summed E-state index contributed by atoms with van der Waals surface area (Å²) in [5.41, 5.74) is 1.56. The van der Waals surface area contributed by atoms with Crippen LogP contribution in [0.15, 0.2) is 0 Å². The molecule has 0 spiro atoms. The van der Waals surface area contributed by atoms with Crippen molar-refractivity contribution in [3.8, 4) is 0 Å². The summed E-state index contributed by atoms with van der Waals surface area (Å²) in [5, 5.41) is 3.82. The Kier molecular flexibility index (Phi) is 5.07. The zero-order valence-electron chi connectivity index (χ0n) is 14.0. The molecule has 4 heteroatoms. The largest absolute Gasteiger partial charge is 0.302 e. The van der Waals surface area contributed by atoms with Crippen molar-refractivity contribution >= 4 is 22.4 Å². The minimum absolute atomic E-state index is 0.105. The topological polar surface area (TPSA) is 42.0 Å². The first-order chi connectivity index (χ1) is 9.85. The smallest absolute Gasteiger partial charge is 0.229 e. The Labute approximate surface area is 132 Å². The molecule has 21 heavy (non-hydrogen) atoms. The zero-order chi connectivity index (χ0) is 15.6. The number of carbonyl (C=O) groups is 1. The van der Waals surface area contributed by atoms with E-state index in [2.05, 4.69) is 44.9 Å². The van der Waals surface area contributed by atoms with Crippen LogP contribution in [0.1, 0.15) is 64.5 Å². The van der Waals surface area contributed by atoms with E-state index in [0.717, 1.165) is 30.8 Å². The van der Waals surface area contributed by atoms with Gasteiger partial charge < -0.3 is 5.32 Å². The van der Waals surface area contributed by atoms with E-state index >= 15 is 0 Å². The summed E-state index contributed by atoms with van der Waals surface area (Å²) in [4.78, 5) is 18.2. The lowest BCUT2D eigenvalue weighted by atomic mass is 9.73. The maximum atomic E-state index is 12.2. The van der Waals surface area contributed by atoms with Crippen molar-refractivity contribution in [1.82, 2.24) is 4.98 Å². The highest BCUT2D eigenvalue weighted by atomic mass is 32.1. The minimum Gasteiger partial charge on any atom is -0.302 e. The van der Waals surface area contributed by atoms with Crippen molar-refractivity contribution in [1.29, 1.82) is 0 Å². The van der Waals surface area contributed by atoms with Gasteiger partial charge in [0.15, 0.2) is 5.13 Å². The third kappa shape index (κ3) is 3.85. The lowest BCUT2D eigenvalue weighted by Crippen LogP contribution is -2.26. The Balaban J connectivity index is 2.07. The molecule has 1 aromatic heterocycles. The third-order valence-electron chi connectivity index (χ3n) is 4.75. The van der Waals surface area contributed by atoms with Gasteiger partial charge in [0, 0.05) is 10.8 Å². The van der Waals surface area contributed by atoms with Crippen molar-refractivity contribution in [2.75, 3.05) is 5.32 Å². The number of thiazole rings is 1. The van der Waals surface area contributed by atoms with Crippen LogP contribution in [0.25, 0.3) is 0 Å². The normalized spacial score (nSPS) is 18.7. The minimum atomic E-state index is 0.105. The summed E-state index contributed by atoms with van der Waals surface area (Å²) < 4.78 is 0. The molecule has 1 aromatic rings. The van der Waals surface area contributed by atoms with Crippen molar-refractivity contribution < 1.29 is 4.79 Å². The van der Waals surface area contributed by atoms with Crippen molar-refractivity contribution in [2.45, 2.75) is 66.7 Å². The zero-order valence-corrected chi connectivity index (χ0v) is 14.8. The second-order valence-corrected chi connectivity index (χ2v) is 8.28. The van der Waals surface area contributed by atoms with Gasteiger partial charge in [-0.1, -0.05) is 34.6 Å². The van der Waals surface area contributed by atoms with Crippen LogP contribution in [0.5, 0.6) is 0 Å². The molecule has 0 saturated heterocycles. The molecule has 0 radical (unpaired) electrons. The average molecular weight is 308 g/mol. The van der Waals surface area contributed by atoms with E-state index in [-0.39, 0.29) is 11.8 Å². The number of carbonyl (C=O) groups excluding carboxylic acids is 1. The fourth-order valence-corrected chi connectivity index (χ4v) is 4.13. The van der Waals surface area contributed by atoms with E-state index in [9.17, 15) is 4.79 Å². The fourth-order valence-electron chi connectivity index (χ4n) is 3.03. The van der Waals surface area contributed by atoms with Gasteiger partial charge in [0.05, 0.1) is 5.69 Å². The van der Waals surface area contributed by atoms with Crippen molar-refractivity contribution in [3.63, 3.8) is 0 Å². The summed E-state index contributed by atoms with van der Waals surface area (Å²) in [7, 11) is 0. The fraction of sp³-hybridized carbons (Fsp3) is 0.765. The van der Waals surface area contributed by atoms with Gasteiger partial charge in [-0.25, -0.2) is 4.98 Å². The van der Waals surface area contributed by atoms with Crippen LogP contribution in [-0.4, -0.2) is 10.9 Å². The quantitative estimate of drug-likeness (QED) is 0.878. The van der Waals surface area contributed by atoms with Gasteiger partial charge in [-0.2, -0.15) is 0 Å². The number of fused-ring (bicyclic) bond motifs is 1. The van der Waals surface area contributed by atoms with Gasteiger partial charge in [0.2, 0.25) is 5.91 Å². The summed E-state index contributed by atoms with van der Waals surface area (Å²) in [5.74, 6) is 0.944. The summed E-state index contributed by atoms with van der Waals surface area (Å²) >= 11 is 1.68. The molecular formula is C17H28N2OS. The van der Waals surface area contributed by atoms with Crippen LogP contribution in [0, 0.1) is 17.3 Å². The molecule has 3 nitrogen and oxygen atoms in total. The monoisotopic (exact) mass is 308 g/mol. The first kappa shape index (κ1) is 16.5. The van der Waals surface area contributed by atoms with Crippen molar-refractivity contribution in [2.24, 2.45) is 17.3 Å².